The number of fused-ring (bicyclic) bond motifs is 1. The molecule has 1 aliphatic rings. The second-order valence-electron chi connectivity index (χ2n) is 4.33. The predicted octanol–water partition coefficient (Wildman–Crippen LogP) is 3.18. The molecule has 1 N–H and O–H groups in total. The second kappa shape index (κ2) is 5.08. The van der Waals surface area contributed by atoms with Crippen molar-refractivity contribution in [2.45, 2.75) is 31.6 Å². The van der Waals surface area contributed by atoms with Gasteiger partial charge in [-0.05, 0) is 35.1 Å². The first kappa shape index (κ1) is 12.4. The summed E-state index contributed by atoms with van der Waals surface area (Å²) in [4.78, 5) is 12.5. The molecule has 0 atom stereocenters. The Bertz CT molecular complexity index is 428. The molecule has 92 valence electrons. The standard InChI is InChI=1S/C13H16BrNO2/c1-2-10-5-9(7-14)6-11-3-4-15(13(16)17)8-12(10)11/h5-6H,2-4,7-8H2,1H3,(H,16,17). The lowest BCUT2D eigenvalue weighted by Crippen LogP contribution is -2.35. The fraction of sp³-hybridized carbons (Fsp3) is 0.462. The van der Waals surface area contributed by atoms with Gasteiger partial charge in [-0.25, -0.2) is 4.79 Å². The van der Waals surface area contributed by atoms with Crippen molar-refractivity contribution >= 4 is 22.0 Å². The Morgan fingerprint density at radius 2 is 2.29 bits per heavy atom. The van der Waals surface area contributed by atoms with Gasteiger partial charge < -0.3 is 10.0 Å². The zero-order chi connectivity index (χ0) is 12.4. The van der Waals surface area contributed by atoms with E-state index in [4.69, 9.17) is 5.11 Å². The van der Waals surface area contributed by atoms with E-state index in [-0.39, 0.29) is 0 Å². The van der Waals surface area contributed by atoms with Crippen LogP contribution in [0.3, 0.4) is 0 Å². The molecule has 0 spiro atoms. The van der Waals surface area contributed by atoms with E-state index in [0.717, 1.165) is 18.2 Å². The highest BCUT2D eigenvalue weighted by molar-refractivity contribution is 9.08. The Morgan fingerprint density at radius 1 is 1.53 bits per heavy atom. The number of amides is 1. The summed E-state index contributed by atoms with van der Waals surface area (Å²) in [7, 11) is 0. The molecule has 3 nitrogen and oxygen atoms in total. The van der Waals surface area contributed by atoms with E-state index in [2.05, 4.69) is 35.0 Å². The third-order valence-corrected chi connectivity index (χ3v) is 3.95. The number of alkyl halides is 1. The molecule has 2 rings (SSSR count). The molecule has 0 unspecified atom stereocenters. The van der Waals surface area contributed by atoms with Crippen molar-refractivity contribution in [1.29, 1.82) is 0 Å². The molecule has 17 heavy (non-hydrogen) atoms. The van der Waals surface area contributed by atoms with Crippen molar-refractivity contribution in [1.82, 2.24) is 4.90 Å². The summed E-state index contributed by atoms with van der Waals surface area (Å²) < 4.78 is 0. The topological polar surface area (TPSA) is 40.5 Å². The van der Waals surface area contributed by atoms with E-state index in [1.54, 1.807) is 0 Å². The first-order valence-corrected chi connectivity index (χ1v) is 6.95. The van der Waals surface area contributed by atoms with Gasteiger partial charge in [0.1, 0.15) is 0 Å². The Kier molecular flexibility index (Phi) is 3.72. The molecule has 0 saturated heterocycles. The van der Waals surface area contributed by atoms with Crippen molar-refractivity contribution in [3.8, 4) is 0 Å². The Morgan fingerprint density at radius 3 is 2.88 bits per heavy atom. The van der Waals surface area contributed by atoms with Crippen molar-refractivity contribution < 1.29 is 9.90 Å². The summed E-state index contributed by atoms with van der Waals surface area (Å²) in [5, 5.41) is 9.90. The van der Waals surface area contributed by atoms with E-state index in [0.29, 0.717) is 13.1 Å². The second-order valence-corrected chi connectivity index (χ2v) is 4.89. The van der Waals surface area contributed by atoms with Crippen LogP contribution in [0.2, 0.25) is 0 Å². The lowest BCUT2D eigenvalue weighted by Gasteiger charge is -2.28. The van der Waals surface area contributed by atoms with Crippen LogP contribution in [-0.2, 0) is 24.7 Å². The van der Waals surface area contributed by atoms with Gasteiger partial charge in [0.2, 0.25) is 0 Å². The lowest BCUT2D eigenvalue weighted by atomic mass is 9.92. The maximum Gasteiger partial charge on any atom is 0.407 e. The number of aryl methyl sites for hydroxylation is 1. The smallest absolute Gasteiger partial charge is 0.407 e. The SMILES string of the molecule is CCc1cc(CBr)cc2c1CN(C(=O)O)CC2. The molecule has 0 aliphatic carbocycles. The van der Waals surface area contributed by atoms with Gasteiger partial charge in [0, 0.05) is 18.4 Å². The molecule has 1 aliphatic heterocycles. The minimum Gasteiger partial charge on any atom is -0.465 e. The zero-order valence-corrected chi connectivity index (χ0v) is 11.5. The number of nitrogens with zero attached hydrogens (tertiary/aromatic N) is 1. The van der Waals surface area contributed by atoms with Gasteiger partial charge in [-0.15, -0.1) is 0 Å². The normalized spacial score (nSPS) is 14.6. The maximum absolute atomic E-state index is 11.0. The Labute approximate surface area is 110 Å². The highest BCUT2D eigenvalue weighted by Crippen LogP contribution is 2.26. The molecule has 1 aromatic carbocycles. The van der Waals surface area contributed by atoms with Crippen LogP contribution < -0.4 is 0 Å². The van der Waals surface area contributed by atoms with Crippen molar-refractivity contribution in [2.75, 3.05) is 6.54 Å². The molecule has 0 saturated carbocycles. The average Bonchev–Trinajstić information content (AvgIpc) is 2.36. The third-order valence-electron chi connectivity index (χ3n) is 3.30. The molecule has 0 aromatic heterocycles. The van der Waals surface area contributed by atoms with Gasteiger partial charge in [-0.2, -0.15) is 0 Å². The molecular weight excluding hydrogens is 282 g/mol. The van der Waals surface area contributed by atoms with Crippen LogP contribution in [0.25, 0.3) is 0 Å². The highest BCUT2D eigenvalue weighted by atomic mass is 79.9. The molecule has 1 heterocycles. The number of halogens is 1. The van der Waals surface area contributed by atoms with Crippen LogP contribution in [0.5, 0.6) is 0 Å². The van der Waals surface area contributed by atoms with Gasteiger partial charge in [-0.3, -0.25) is 0 Å². The maximum atomic E-state index is 11.0. The van der Waals surface area contributed by atoms with Crippen LogP contribution in [-0.4, -0.2) is 22.6 Å². The van der Waals surface area contributed by atoms with Crippen molar-refractivity contribution in [3.63, 3.8) is 0 Å². The van der Waals surface area contributed by atoms with Crippen LogP contribution >= 0.6 is 15.9 Å². The van der Waals surface area contributed by atoms with Gasteiger partial charge in [-0.1, -0.05) is 35.0 Å². The monoisotopic (exact) mass is 297 g/mol. The molecule has 1 amide bonds. The van der Waals surface area contributed by atoms with Crippen LogP contribution in [0.15, 0.2) is 12.1 Å². The third kappa shape index (κ3) is 2.46. The van der Waals surface area contributed by atoms with Gasteiger partial charge >= 0.3 is 6.09 Å². The molecule has 0 bridgehead atoms. The quantitative estimate of drug-likeness (QED) is 0.852. The largest absolute Gasteiger partial charge is 0.465 e. The summed E-state index contributed by atoms with van der Waals surface area (Å²) in [6, 6.07) is 4.38. The summed E-state index contributed by atoms with van der Waals surface area (Å²) in [6.45, 7) is 3.26. The highest BCUT2D eigenvalue weighted by Gasteiger charge is 2.22. The fourth-order valence-corrected chi connectivity index (χ4v) is 2.70. The first-order valence-electron chi connectivity index (χ1n) is 5.83. The van der Waals surface area contributed by atoms with Crippen LogP contribution in [0.1, 0.15) is 29.2 Å². The molecule has 1 aromatic rings. The minimum absolute atomic E-state index is 0.538. The summed E-state index contributed by atoms with van der Waals surface area (Å²) in [6.07, 6.45) is 0.966. The molecule has 4 heteroatoms. The number of hydrogen-bond donors (Lipinski definition) is 1. The van der Waals surface area contributed by atoms with Crippen LogP contribution in [0, 0.1) is 0 Å². The number of benzene rings is 1. The first-order chi connectivity index (χ1) is 8.15. The zero-order valence-electron chi connectivity index (χ0n) is 9.87. The summed E-state index contributed by atoms with van der Waals surface area (Å²) in [5.74, 6) is 0. The molecule has 0 radical (unpaired) electrons. The Balaban J connectivity index is 2.39. The van der Waals surface area contributed by atoms with E-state index < -0.39 is 6.09 Å². The number of carboxylic acid groups (broad SMARTS) is 1. The number of carbonyl (C=O) groups is 1. The summed E-state index contributed by atoms with van der Waals surface area (Å²) >= 11 is 3.48. The van der Waals surface area contributed by atoms with Crippen molar-refractivity contribution in [3.05, 3.63) is 34.4 Å². The lowest BCUT2D eigenvalue weighted by molar-refractivity contribution is 0.140. The van der Waals surface area contributed by atoms with Gasteiger partial charge in [0.25, 0.3) is 0 Å². The van der Waals surface area contributed by atoms with Gasteiger partial charge in [0.15, 0.2) is 0 Å². The Hall–Kier alpha value is -1.03. The average molecular weight is 298 g/mol. The van der Waals surface area contributed by atoms with Gasteiger partial charge in [0.05, 0.1) is 0 Å². The van der Waals surface area contributed by atoms with E-state index in [1.165, 1.54) is 27.2 Å². The number of hydrogen-bond acceptors (Lipinski definition) is 1. The number of rotatable bonds is 2. The predicted molar refractivity (Wildman–Crippen MR) is 70.6 cm³/mol. The molecular formula is C13H16BrNO2. The summed E-state index contributed by atoms with van der Waals surface area (Å²) in [5.41, 5.74) is 5.09. The van der Waals surface area contributed by atoms with E-state index >= 15 is 0 Å². The van der Waals surface area contributed by atoms with E-state index in [9.17, 15) is 4.79 Å². The minimum atomic E-state index is -0.817. The van der Waals surface area contributed by atoms with Crippen LogP contribution in [0.4, 0.5) is 4.79 Å². The molecule has 0 fully saturated rings. The van der Waals surface area contributed by atoms with E-state index in [1.807, 2.05) is 0 Å². The fourth-order valence-electron chi connectivity index (χ4n) is 2.38. The van der Waals surface area contributed by atoms with Crippen molar-refractivity contribution in [2.24, 2.45) is 0 Å².